The van der Waals surface area contributed by atoms with Crippen molar-refractivity contribution in [1.82, 2.24) is 9.55 Å². The quantitative estimate of drug-likeness (QED) is 0.786. The molecule has 0 fully saturated rings. The first-order valence-corrected chi connectivity index (χ1v) is 6.33. The smallest absolute Gasteiger partial charge is 0.337 e. The van der Waals surface area contributed by atoms with E-state index in [-0.39, 0.29) is 10.2 Å². The Balaban J connectivity index is 2.65. The Hall–Kier alpha value is -1.66. The number of benzene rings is 1. The fourth-order valence-corrected chi connectivity index (χ4v) is 2.04. The number of carbonyl (C=O) groups is 1. The zero-order chi connectivity index (χ0) is 14.0. The molecule has 7 heteroatoms. The number of methoxy groups -OCH3 is 1. The van der Waals surface area contributed by atoms with Crippen molar-refractivity contribution in [2.75, 3.05) is 7.11 Å². The first-order valence-electron chi connectivity index (χ1n) is 5.16. The number of aromatic nitrogens is 2. The van der Waals surface area contributed by atoms with E-state index in [1.54, 1.807) is 0 Å². The van der Waals surface area contributed by atoms with Crippen LogP contribution in [0, 0.1) is 0 Å². The second kappa shape index (κ2) is 5.54. The van der Waals surface area contributed by atoms with Crippen LogP contribution in [-0.2, 0) is 4.74 Å². The van der Waals surface area contributed by atoms with Gasteiger partial charge in [-0.1, -0.05) is 11.6 Å². The Bertz CT molecular complexity index is 700. The van der Waals surface area contributed by atoms with Gasteiger partial charge >= 0.3 is 5.97 Å². The lowest BCUT2D eigenvalue weighted by Crippen LogP contribution is -2.20. The molecule has 0 saturated heterocycles. The average Bonchev–Trinajstić information content (AvgIpc) is 2.42. The highest BCUT2D eigenvalue weighted by Gasteiger charge is 2.12. The molecule has 98 valence electrons. The number of hydrogen-bond donors (Lipinski definition) is 0. The van der Waals surface area contributed by atoms with Crippen molar-refractivity contribution in [3.8, 4) is 5.69 Å². The van der Waals surface area contributed by atoms with Crippen molar-refractivity contribution in [3.63, 3.8) is 0 Å². The van der Waals surface area contributed by atoms with E-state index in [1.807, 2.05) is 0 Å². The third-order valence-electron chi connectivity index (χ3n) is 2.43. The second-order valence-electron chi connectivity index (χ2n) is 3.55. The van der Waals surface area contributed by atoms with Crippen LogP contribution >= 0.6 is 27.5 Å². The van der Waals surface area contributed by atoms with Gasteiger partial charge in [0.2, 0.25) is 0 Å². The molecule has 1 aromatic carbocycles. The van der Waals surface area contributed by atoms with Crippen LogP contribution in [0.3, 0.4) is 0 Å². The predicted octanol–water partition coefficient (Wildman–Crippen LogP) is 2.44. The van der Waals surface area contributed by atoms with E-state index in [0.717, 1.165) is 0 Å². The molecule has 0 radical (unpaired) electrons. The van der Waals surface area contributed by atoms with Crippen molar-refractivity contribution >= 4 is 33.5 Å². The molecular weight excluding hydrogens is 336 g/mol. The van der Waals surface area contributed by atoms with E-state index in [4.69, 9.17) is 11.6 Å². The van der Waals surface area contributed by atoms with Crippen LogP contribution in [-0.4, -0.2) is 22.6 Å². The standard InChI is InChI=1S/C12H8BrClN2O3/c1-19-12(18)7-2-3-8(14)9(6-7)16-5-4-15-10(13)11(16)17/h2-6H,1H3. The number of nitrogens with zero attached hydrogens (tertiary/aromatic N) is 2. The summed E-state index contributed by atoms with van der Waals surface area (Å²) in [6.07, 6.45) is 2.92. The molecule has 0 aliphatic carbocycles. The van der Waals surface area contributed by atoms with Crippen molar-refractivity contribution in [2.45, 2.75) is 0 Å². The zero-order valence-corrected chi connectivity index (χ0v) is 12.1. The Morgan fingerprint density at radius 3 is 2.89 bits per heavy atom. The van der Waals surface area contributed by atoms with Crippen LogP contribution in [0.5, 0.6) is 0 Å². The molecule has 0 saturated carbocycles. The summed E-state index contributed by atoms with van der Waals surface area (Å²) < 4.78 is 6.09. The summed E-state index contributed by atoms with van der Waals surface area (Å²) in [6.45, 7) is 0. The van der Waals surface area contributed by atoms with Gasteiger partial charge in [-0.25, -0.2) is 9.78 Å². The molecule has 0 bridgehead atoms. The van der Waals surface area contributed by atoms with Gasteiger partial charge in [-0.3, -0.25) is 9.36 Å². The van der Waals surface area contributed by atoms with Crippen molar-refractivity contribution < 1.29 is 9.53 Å². The summed E-state index contributed by atoms with van der Waals surface area (Å²) in [4.78, 5) is 27.3. The summed E-state index contributed by atoms with van der Waals surface area (Å²) >= 11 is 9.11. The summed E-state index contributed by atoms with van der Waals surface area (Å²) in [6, 6.07) is 4.55. The largest absolute Gasteiger partial charge is 0.465 e. The first-order chi connectivity index (χ1) is 9.04. The van der Waals surface area contributed by atoms with Crippen molar-refractivity contribution in [3.05, 3.63) is 56.1 Å². The van der Waals surface area contributed by atoms with Crippen molar-refractivity contribution in [1.29, 1.82) is 0 Å². The van der Waals surface area contributed by atoms with E-state index in [0.29, 0.717) is 16.3 Å². The molecule has 19 heavy (non-hydrogen) atoms. The molecule has 1 aromatic heterocycles. The molecule has 0 aliphatic heterocycles. The van der Waals surface area contributed by atoms with Gasteiger partial charge in [0.15, 0.2) is 4.60 Å². The lowest BCUT2D eigenvalue weighted by molar-refractivity contribution is 0.0600. The Labute approximate surface area is 121 Å². The monoisotopic (exact) mass is 342 g/mol. The molecule has 5 nitrogen and oxygen atoms in total. The number of halogens is 2. The third kappa shape index (κ3) is 2.69. The molecule has 0 amide bonds. The van der Waals surface area contributed by atoms with Crippen molar-refractivity contribution in [2.24, 2.45) is 0 Å². The minimum Gasteiger partial charge on any atom is -0.465 e. The Morgan fingerprint density at radius 1 is 1.47 bits per heavy atom. The molecule has 0 spiro atoms. The maximum Gasteiger partial charge on any atom is 0.337 e. The highest BCUT2D eigenvalue weighted by Crippen LogP contribution is 2.21. The van der Waals surface area contributed by atoms with Crippen LogP contribution in [0.15, 0.2) is 40.0 Å². The van der Waals surface area contributed by atoms with Crippen LogP contribution < -0.4 is 5.56 Å². The SMILES string of the molecule is COC(=O)c1ccc(Cl)c(-n2ccnc(Br)c2=O)c1. The number of hydrogen-bond acceptors (Lipinski definition) is 4. The van der Waals surface area contributed by atoms with Crippen LogP contribution in [0.4, 0.5) is 0 Å². The third-order valence-corrected chi connectivity index (χ3v) is 3.29. The fraction of sp³-hybridized carbons (Fsp3) is 0.0833. The maximum atomic E-state index is 12.0. The lowest BCUT2D eigenvalue weighted by atomic mass is 10.2. The molecule has 2 aromatic rings. The number of ether oxygens (including phenoxy) is 1. The molecule has 0 aliphatic rings. The first kappa shape index (κ1) is 13.8. The van der Waals surface area contributed by atoms with E-state index in [9.17, 15) is 9.59 Å². The number of carbonyl (C=O) groups excluding carboxylic acids is 1. The molecule has 0 unspecified atom stereocenters. The molecular formula is C12H8BrClN2O3. The summed E-state index contributed by atoms with van der Waals surface area (Å²) in [5, 5.41) is 0.341. The van der Waals surface area contributed by atoms with E-state index < -0.39 is 5.97 Å². The van der Waals surface area contributed by atoms with E-state index >= 15 is 0 Å². The van der Waals surface area contributed by atoms with Gasteiger partial charge < -0.3 is 4.74 Å². The van der Waals surface area contributed by atoms with Gasteiger partial charge in [-0.05, 0) is 34.1 Å². The summed E-state index contributed by atoms with van der Waals surface area (Å²) in [5.74, 6) is -0.501. The topological polar surface area (TPSA) is 61.2 Å². The molecule has 0 N–H and O–H groups in total. The van der Waals surface area contributed by atoms with Crippen LogP contribution in [0.2, 0.25) is 5.02 Å². The fourth-order valence-electron chi connectivity index (χ4n) is 1.52. The number of esters is 1. The minimum absolute atomic E-state index is 0.162. The van der Waals surface area contributed by atoms with Gasteiger partial charge in [-0.2, -0.15) is 0 Å². The number of rotatable bonds is 2. The highest BCUT2D eigenvalue weighted by atomic mass is 79.9. The van der Waals surface area contributed by atoms with Gasteiger partial charge in [0.1, 0.15) is 0 Å². The summed E-state index contributed by atoms with van der Waals surface area (Å²) in [5.41, 5.74) is 0.325. The van der Waals surface area contributed by atoms with Crippen LogP contribution in [0.25, 0.3) is 5.69 Å². The predicted molar refractivity (Wildman–Crippen MR) is 73.9 cm³/mol. The Kier molecular flexibility index (Phi) is 4.01. The zero-order valence-electron chi connectivity index (χ0n) is 9.76. The van der Waals surface area contributed by atoms with Crippen LogP contribution in [0.1, 0.15) is 10.4 Å². The van der Waals surface area contributed by atoms with Gasteiger partial charge in [0.25, 0.3) is 5.56 Å². The summed E-state index contributed by atoms with van der Waals surface area (Å²) in [7, 11) is 1.28. The highest BCUT2D eigenvalue weighted by molar-refractivity contribution is 9.10. The molecule has 2 rings (SSSR count). The van der Waals surface area contributed by atoms with Gasteiger partial charge in [0.05, 0.1) is 23.4 Å². The average molecular weight is 344 g/mol. The second-order valence-corrected chi connectivity index (χ2v) is 4.71. The van der Waals surface area contributed by atoms with E-state index in [1.165, 1.54) is 42.3 Å². The van der Waals surface area contributed by atoms with Gasteiger partial charge in [0, 0.05) is 12.4 Å². The Morgan fingerprint density at radius 2 is 2.21 bits per heavy atom. The van der Waals surface area contributed by atoms with Gasteiger partial charge in [-0.15, -0.1) is 0 Å². The molecule has 0 atom stereocenters. The lowest BCUT2D eigenvalue weighted by Gasteiger charge is -2.09. The minimum atomic E-state index is -0.501. The molecule has 1 heterocycles. The maximum absolute atomic E-state index is 12.0. The normalized spacial score (nSPS) is 10.3. The van der Waals surface area contributed by atoms with E-state index in [2.05, 4.69) is 25.7 Å².